The molecule has 2 saturated heterocycles. The molecule has 0 radical (unpaired) electrons. The highest BCUT2D eigenvalue weighted by Gasteiger charge is 2.50. The fourth-order valence-electron chi connectivity index (χ4n) is 2.84. The third-order valence-electron chi connectivity index (χ3n) is 3.98. The van der Waals surface area contributed by atoms with E-state index in [1.54, 1.807) is 0 Å². The van der Waals surface area contributed by atoms with E-state index in [1.165, 1.54) is 5.56 Å². The number of hydrogen-bond acceptors (Lipinski definition) is 3. The van der Waals surface area contributed by atoms with E-state index in [1.807, 2.05) is 13.0 Å². The third kappa shape index (κ3) is 1.86. The molecule has 92 valence electrons. The molecule has 0 bridgehead atoms. The average Bonchev–Trinajstić information content (AvgIpc) is 2.12. The van der Waals surface area contributed by atoms with E-state index in [9.17, 15) is 0 Å². The monoisotopic (exact) mass is 252 g/mol. The van der Waals surface area contributed by atoms with Gasteiger partial charge in [0.1, 0.15) is 5.15 Å². The highest BCUT2D eigenvalue weighted by atomic mass is 35.5. The largest absolute Gasteiger partial charge is 0.380 e. The van der Waals surface area contributed by atoms with Crippen molar-refractivity contribution in [1.82, 2.24) is 9.88 Å². The second-order valence-corrected chi connectivity index (χ2v) is 5.77. The van der Waals surface area contributed by atoms with Crippen molar-refractivity contribution >= 4 is 11.6 Å². The summed E-state index contributed by atoms with van der Waals surface area (Å²) in [6.45, 7) is 8.44. The maximum atomic E-state index is 5.88. The molecule has 1 spiro atoms. The lowest BCUT2D eigenvalue weighted by atomic mass is 9.76. The van der Waals surface area contributed by atoms with Crippen LogP contribution in [0.25, 0.3) is 0 Å². The van der Waals surface area contributed by atoms with Gasteiger partial charge < -0.3 is 4.74 Å². The lowest BCUT2D eigenvalue weighted by Gasteiger charge is -2.57. The van der Waals surface area contributed by atoms with Crippen molar-refractivity contribution in [2.45, 2.75) is 19.9 Å². The van der Waals surface area contributed by atoms with Gasteiger partial charge in [0.15, 0.2) is 0 Å². The van der Waals surface area contributed by atoms with E-state index < -0.39 is 0 Å². The van der Waals surface area contributed by atoms with Crippen LogP contribution in [0.5, 0.6) is 0 Å². The minimum absolute atomic E-state index is 0.422. The molecule has 0 amide bonds. The number of nitrogens with zero attached hydrogens (tertiary/aromatic N) is 2. The number of aryl methyl sites for hydroxylation is 1. The minimum Gasteiger partial charge on any atom is -0.380 e. The van der Waals surface area contributed by atoms with Crippen molar-refractivity contribution in [3.05, 3.63) is 28.5 Å². The summed E-state index contributed by atoms with van der Waals surface area (Å²) in [7, 11) is 0. The molecule has 2 aliphatic heterocycles. The normalized spacial score (nSPS) is 24.2. The fourth-order valence-corrected chi connectivity index (χ4v) is 3.03. The number of hydrogen-bond donors (Lipinski definition) is 0. The Labute approximate surface area is 107 Å². The van der Waals surface area contributed by atoms with Crippen LogP contribution < -0.4 is 0 Å². The first-order valence-corrected chi connectivity index (χ1v) is 6.42. The van der Waals surface area contributed by atoms with Crippen molar-refractivity contribution in [2.75, 3.05) is 26.3 Å². The smallest absolute Gasteiger partial charge is 0.129 e. The molecule has 4 heteroatoms. The minimum atomic E-state index is 0.422. The van der Waals surface area contributed by atoms with Crippen LogP contribution in [0.4, 0.5) is 0 Å². The molecule has 0 saturated carbocycles. The number of pyridine rings is 1. The van der Waals surface area contributed by atoms with E-state index in [4.69, 9.17) is 16.3 Å². The number of ether oxygens (including phenoxy) is 1. The molecule has 2 aliphatic rings. The van der Waals surface area contributed by atoms with Gasteiger partial charge in [0.05, 0.1) is 13.2 Å². The first kappa shape index (κ1) is 11.5. The van der Waals surface area contributed by atoms with Gasteiger partial charge in [-0.15, -0.1) is 0 Å². The Balaban J connectivity index is 1.72. The predicted molar refractivity (Wildman–Crippen MR) is 67.2 cm³/mol. The zero-order chi connectivity index (χ0) is 12.0. The average molecular weight is 253 g/mol. The maximum Gasteiger partial charge on any atom is 0.129 e. The van der Waals surface area contributed by atoms with Crippen molar-refractivity contribution in [3.63, 3.8) is 0 Å². The van der Waals surface area contributed by atoms with Crippen LogP contribution in [-0.4, -0.2) is 36.2 Å². The molecule has 0 aliphatic carbocycles. The SMILES string of the molecule is Cc1nc(Cl)ccc1C(C)N1CC2(COC2)C1. The van der Waals surface area contributed by atoms with Gasteiger partial charge in [-0.2, -0.15) is 0 Å². The molecule has 1 aromatic heterocycles. The van der Waals surface area contributed by atoms with Gasteiger partial charge in [-0.25, -0.2) is 4.98 Å². The highest BCUT2D eigenvalue weighted by molar-refractivity contribution is 6.29. The van der Waals surface area contributed by atoms with Gasteiger partial charge in [-0.3, -0.25) is 4.90 Å². The van der Waals surface area contributed by atoms with Crippen LogP contribution in [-0.2, 0) is 4.74 Å². The van der Waals surface area contributed by atoms with Crippen molar-refractivity contribution < 1.29 is 4.74 Å². The standard InChI is InChI=1S/C13H17ClN2O/c1-9-11(3-4-12(14)15-9)10(2)16-5-13(6-16)7-17-8-13/h3-4,10H,5-8H2,1-2H3. The lowest BCUT2D eigenvalue weighted by molar-refractivity contribution is -0.197. The van der Waals surface area contributed by atoms with Crippen molar-refractivity contribution in [1.29, 1.82) is 0 Å². The van der Waals surface area contributed by atoms with Crippen molar-refractivity contribution in [3.8, 4) is 0 Å². The number of aromatic nitrogens is 1. The molecule has 2 fully saturated rings. The summed E-state index contributed by atoms with van der Waals surface area (Å²) in [5, 5.41) is 0.575. The van der Waals surface area contributed by atoms with Crippen LogP contribution >= 0.6 is 11.6 Å². The summed E-state index contributed by atoms with van der Waals surface area (Å²) >= 11 is 5.88. The summed E-state index contributed by atoms with van der Waals surface area (Å²) in [6, 6.07) is 4.39. The molecule has 0 N–H and O–H groups in total. The molecule has 1 unspecified atom stereocenters. The summed E-state index contributed by atoms with van der Waals surface area (Å²) < 4.78 is 5.30. The molecular weight excluding hydrogens is 236 g/mol. The number of rotatable bonds is 2. The zero-order valence-corrected chi connectivity index (χ0v) is 11.0. The molecule has 1 aromatic rings. The number of likely N-dealkylation sites (tertiary alicyclic amines) is 1. The van der Waals surface area contributed by atoms with E-state index in [0.29, 0.717) is 16.6 Å². The van der Waals surface area contributed by atoms with Gasteiger partial charge in [0.25, 0.3) is 0 Å². The molecule has 3 nitrogen and oxygen atoms in total. The van der Waals surface area contributed by atoms with E-state index in [-0.39, 0.29) is 0 Å². The van der Waals surface area contributed by atoms with Gasteiger partial charge in [0, 0.05) is 30.2 Å². The molecule has 0 aromatic carbocycles. The summed E-state index contributed by atoms with van der Waals surface area (Å²) in [5.74, 6) is 0. The summed E-state index contributed by atoms with van der Waals surface area (Å²) in [4.78, 5) is 6.81. The number of halogens is 1. The maximum absolute atomic E-state index is 5.88. The van der Waals surface area contributed by atoms with E-state index in [2.05, 4.69) is 22.9 Å². The Morgan fingerprint density at radius 3 is 2.65 bits per heavy atom. The molecule has 1 atom stereocenters. The first-order chi connectivity index (χ1) is 8.10. The van der Waals surface area contributed by atoms with E-state index >= 15 is 0 Å². The van der Waals surface area contributed by atoms with Crippen LogP contribution in [0, 0.1) is 12.3 Å². The Kier molecular flexibility index (Phi) is 2.65. The highest BCUT2D eigenvalue weighted by Crippen LogP contribution is 2.42. The van der Waals surface area contributed by atoms with Crippen LogP contribution in [0.3, 0.4) is 0 Å². The van der Waals surface area contributed by atoms with Crippen LogP contribution in [0.1, 0.15) is 24.2 Å². The lowest BCUT2D eigenvalue weighted by Crippen LogP contribution is -2.66. The topological polar surface area (TPSA) is 25.4 Å². The fraction of sp³-hybridized carbons (Fsp3) is 0.615. The second kappa shape index (κ2) is 3.94. The zero-order valence-electron chi connectivity index (χ0n) is 10.2. The Morgan fingerprint density at radius 1 is 1.41 bits per heavy atom. The summed E-state index contributed by atoms with van der Waals surface area (Å²) in [5.41, 5.74) is 2.79. The molecule has 17 heavy (non-hydrogen) atoms. The van der Waals surface area contributed by atoms with Gasteiger partial charge >= 0.3 is 0 Å². The van der Waals surface area contributed by atoms with Crippen LogP contribution in [0.2, 0.25) is 5.15 Å². The van der Waals surface area contributed by atoms with E-state index in [0.717, 1.165) is 32.0 Å². The van der Waals surface area contributed by atoms with Crippen LogP contribution in [0.15, 0.2) is 12.1 Å². The molecule has 3 heterocycles. The van der Waals surface area contributed by atoms with Crippen molar-refractivity contribution in [2.24, 2.45) is 5.41 Å². The first-order valence-electron chi connectivity index (χ1n) is 6.05. The molecular formula is C13H17ClN2O. The summed E-state index contributed by atoms with van der Waals surface area (Å²) in [6.07, 6.45) is 0. The van der Waals surface area contributed by atoms with Gasteiger partial charge in [-0.1, -0.05) is 17.7 Å². The van der Waals surface area contributed by atoms with Gasteiger partial charge in [0.2, 0.25) is 0 Å². The molecule has 3 rings (SSSR count). The second-order valence-electron chi connectivity index (χ2n) is 5.38. The quantitative estimate of drug-likeness (QED) is 0.756. The Morgan fingerprint density at radius 2 is 2.12 bits per heavy atom. The Bertz CT molecular complexity index is 437. The third-order valence-corrected chi connectivity index (χ3v) is 4.19. The van der Waals surface area contributed by atoms with Gasteiger partial charge in [-0.05, 0) is 25.5 Å². The predicted octanol–water partition coefficient (Wildman–Crippen LogP) is 2.44. The Hall–Kier alpha value is -0.640.